The highest BCUT2D eigenvalue weighted by Crippen LogP contribution is 2.23. The summed E-state index contributed by atoms with van der Waals surface area (Å²) in [5.74, 6) is 1.13. The van der Waals surface area contributed by atoms with Gasteiger partial charge in [0.2, 0.25) is 0 Å². The van der Waals surface area contributed by atoms with Crippen molar-refractivity contribution in [2.24, 2.45) is 0 Å². The van der Waals surface area contributed by atoms with Crippen LogP contribution in [0.5, 0.6) is 0 Å². The Bertz CT molecular complexity index is 353. The van der Waals surface area contributed by atoms with Gasteiger partial charge in [-0.2, -0.15) is 11.8 Å². The van der Waals surface area contributed by atoms with Crippen molar-refractivity contribution in [3.63, 3.8) is 0 Å². The fourth-order valence-electron chi connectivity index (χ4n) is 2.58. The lowest BCUT2D eigenvalue weighted by Gasteiger charge is -2.19. The Morgan fingerprint density at radius 2 is 2.33 bits per heavy atom. The topological polar surface area (TPSA) is 28.4 Å². The summed E-state index contributed by atoms with van der Waals surface area (Å²) in [4.78, 5) is 2.54. The van der Waals surface area contributed by atoms with Gasteiger partial charge in [0.05, 0.1) is 12.8 Å². The Labute approximate surface area is 114 Å². The highest BCUT2D eigenvalue weighted by molar-refractivity contribution is 7.99. The second kappa shape index (κ2) is 7.22. The molecule has 0 aliphatic carbocycles. The highest BCUT2D eigenvalue weighted by Gasteiger charge is 2.18. The number of likely N-dealkylation sites (tertiary alicyclic amines) is 1. The third kappa shape index (κ3) is 3.77. The Balaban J connectivity index is 1.90. The number of hydrogen-bond donors (Lipinski definition) is 1. The van der Waals surface area contributed by atoms with Gasteiger partial charge in [-0.15, -0.1) is 0 Å². The quantitative estimate of drug-likeness (QED) is 0.889. The molecule has 0 amide bonds. The molecule has 0 spiro atoms. The molecule has 1 aliphatic heterocycles. The first kappa shape index (κ1) is 14.0. The molecule has 0 saturated carbocycles. The van der Waals surface area contributed by atoms with Crippen LogP contribution in [0, 0.1) is 0 Å². The van der Waals surface area contributed by atoms with Gasteiger partial charge < -0.3 is 9.73 Å². The molecule has 0 radical (unpaired) electrons. The van der Waals surface area contributed by atoms with E-state index in [4.69, 9.17) is 4.42 Å². The Kier molecular flexibility index (Phi) is 5.60. The SMILES string of the molecule is CNCc1ccoc1CN1CCCC(SC)CC1. The van der Waals surface area contributed by atoms with Crippen LogP contribution in [0.1, 0.15) is 30.6 Å². The lowest BCUT2D eigenvalue weighted by atomic mass is 10.2. The predicted octanol–water partition coefficient (Wildman–Crippen LogP) is 2.72. The molecule has 3 nitrogen and oxygen atoms in total. The molecule has 1 atom stereocenters. The molecule has 18 heavy (non-hydrogen) atoms. The number of thioether (sulfide) groups is 1. The summed E-state index contributed by atoms with van der Waals surface area (Å²) in [5, 5.41) is 4.04. The van der Waals surface area contributed by atoms with Crippen molar-refractivity contribution in [2.45, 2.75) is 37.6 Å². The maximum absolute atomic E-state index is 5.63. The second-order valence-electron chi connectivity index (χ2n) is 4.96. The first-order valence-corrected chi connectivity index (χ1v) is 8.07. The zero-order chi connectivity index (χ0) is 12.8. The number of rotatable bonds is 5. The number of furan rings is 1. The average molecular weight is 268 g/mol. The van der Waals surface area contributed by atoms with Crippen molar-refractivity contribution in [1.29, 1.82) is 0 Å². The Morgan fingerprint density at radius 3 is 3.11 bits per heavy atom. The van der Waals surface area contributed by atoms with Crippen molar-refractivity contribution in [2.75, 3.05) is 26.4 Å². The standard InChI is InChI=1S/C14H24N2OS/c1-15-10-12-6-9-17-14(12)11-16-7-3-4-13(18-2)5-8-16/h6,9,13,15H,3-5,7-8,10-11H2,1-2H3. The zero-order valence-corrected chi connectivity index (χ0v) is 12.3. The van der Waals surface area contributed by atoms with Gasteiger partial charge >= 0.3 is 0 Å². The number of nitrogens with one attached hydrogen (secondary N) is 1. The molecule has 2 heterocycles. The molecule has 1 aromatic heterocycles. The minimum absolute atomic E-state index is 0.850. The van der Waals surface area contributed by atoms with E-state index in [9.17, 15) is 0 Å². The summed E-state index contributed by atoms with van der Waals surface area (Å²) in [6.45, 7) is 4.26. The molecule has 102 valence electrons. The minimum Gasteiger partial charge on any atom is -0.468 e. The van der Waals surface area contributed by atoms with Crippen LogP contribution in [-0.2, 0) is 13.1 Å². The lowest BCUT2D eigenvalue weighted by molar-refractivity contribution is 0.252. The molecule has 1 aromatic rings. The van der Waals surface area contributed by atoms with E-state index in [0.29, 0.717) is 0 Å². The van der Waals surface area contributed by atoms with Gasteiger partial charge in [0.15, 0.2) is 0 Å². The normalized spacial score (nSPS) is 22.0. The molecule has 0 bridgehead atoms. The van der Waals surface area contributed by atoms with E-state index in [-0.39, 0.29) is 0 Å². The van der Waals surface area contributed by atoms with Crippen molar-refractivity contribution in [3.8, 4) is 0 Å². The van der Waals surface area contributed by atoms with Gasteiger partial charge in [0.25, 0.3) is 0 Å². The molecule has 1 saturated heterocycles. The maximum atomic E-state index is 5.63. The summed E-state index contributed by atoms with van der Waals surface area (Å²) < 4.78 is 5.63. The van der Waals surface area contributed by atoms with E-state index in [2.05, 4.69) is 22.5 Å². The third-order valence-electron chi connectivity index (χ3n) is 3.67. The van der Waals surface area contributed by atoms with Crippen molar-refractivity contribution in [3.05, 3.63) is 23.7 Å². The summed E-state index contributed by atoms with van der Waals surface area (Å²) in [5.41, 5.74) is 1.29. The van der Waals surface area contributed by atoms with Crippen LogP contribution >= 0.6 is 11.8 Å². The minimum atomic E-state index is 0.850. The van der Waals surface area contributed by atoms with Gasteiger partial charge in [-0.05, 0) is 51.7 Å². The molecule has 4 heteroatoms. The van der Waals surface area contributed by atoms with Gasteiger partial charge in [-0.1, -0.05) is 0 Å². The smallest absolute Gasteiger partial charge is 0.122 e. The monoisotopic (exact) mass is 268 g/mol. The fraction of sp³-hybridized carbons (Fsp3) is 0.714. The van der Waals surface area contributed by atoms with Crippen molar-refractivity contribution < 1.29 is 4.42 Å². The van der Waals surface area contributed by atoms with Gasteiger partial charge in [0.1, 0.15) is 5.76 Å². The van der Waals surface area contributed by atoms with Crippen LogP contribution in [0.4, 0.5) is 0 Å². The third-order valence-corrected chi connectivity index (χ3v) is 4.81. The molecule has 1 unspecified atom stereocenters. The molecule has 1 aliphatic rings. The van der Waals surface area contributed by atoms with Crippen LogP contribution in [-0.4, -0.2) is 36.5 Å². The molecule has 0 aromatic carbocycles. The van der Waals surface area contributed by atoms with Crippen LogP contribution in [0.2, 0.25) is 0 Å². The first-order chi connectivity index (χ1) is 8.83. The molecule has 1 fully saturated rings. The van der Waals surface area contributed by atoms with Crippen LogP contribution in [0.3, 0.4) is 0 Å². The van der Waals surface area contributed by atoms with Crippen LogP contribution in [0.25, 0.3) is 0 Å². The van der Waals surface area contributed by atoms with Crippen molar-refractivity contribution >= 4 is 11.8 Å². The van der Waals surface area contributed by atoms with Crippen molar-refractivity contribution in [1.82, 2.24) is 10.2 Å². The molecule has 1 N–H and O–H groups in total. The Hall–Kier alpha value is -0.450. The van der Waals surface area contributed by atoms with Gasteiger partial charge in [-0.25, -0.2) is 0 Å². The van der Waals surface area contributed by atoms with E-state index in [0.717, 1.165) is 24.1 Å². The maximum Gasteiger partial charge on any atom is 0.122 e. The second-order valence-corrected chi connectivity index (χ2v) is 6.10. The lowest BCUT2D eigenvalue weighted by Crippen LogP contribution is -2.25. The number of hydrogen-bond acceptors (Lipinski definition) is 4. The first-order valence-electron chi connectivity index (χ1n) is 6.78. The highest BCUT2D eigenvalue weighted by atomic mass is 32.2. The predicted molar refractivity (Wildman–Crippen MR) is 77.9 cm³/mol. The number of nitrogens with zero attached hydrogens (tertiary/aromatic N) is 1. The van der Waals surface area contributed by atoms with E-state index >= 15 is 0 Å². The van der Waals surface area contributed by atoms with E-state index in [1.807, 2.05) is 25.1 Å². The zero-order valence-electron chi connectivity index (χ0n) is 11.4. The van der Waals surface area contributed by atoms with E-state index < -0.39 is 0 Å². The molecular weight excluding hydrogens is 244 g/mol. The summed E-state index contributed by atoms with van der Waals surface area (Å²) >= 11 is 2.02. The van der Waals surface area contributed by atoms with Crippen LogP contribution in [0.15, 0.2) is 16.7 Å². The summed E-state index contributed by atoms with van der Waals surface area (Å²) in [7, 11) is 1.98. The largest absolute Gasteiger partial charge is 0.468 e. The summed E-state index contributed by atoms with van der Waals surface area (Å²) in [6.07, 6.45) is 8.03. The van der Waals surface area contributed by atoms with Gasteiger partial charge in [-0.3, -0.25) is 4.90 Å². The van der Waals surface area contributed by atoms with Crippen LogP contribution < -0.4 is 5.32 Å². The van der Waals surface area contributed by atoms with Gasteiger partial charge in [0, 0.05) is 17.4 Å². The fourth-order valence-corrected chi connectivity index (χ4v) is 3.32. The van der Waals surface area contributed by atoms with E-state index in [1.165, 1.54) is 37.9 Å². The molecular formula is C14H24N2OS. The Morgan fingerprint density at radius 1 is 1.44 bits per heavy atom. The molecule has 2 rings (SSSR count). The summed E-state index contributed by atoms with van der Waals surface area (Å²) in [6, 6.07) is 2.08. The average Bonchev–Trinajstić information content (AvgIpc) is 2.68. The van der Waals surface area contributed by atoms with E-state index in [1.54, 1.807) is 0 Å².